The second kappa shape index (κ2) is 11.6. The summed E-state index contributed by atoms with van der Waals surface area (Å²) in [5, 5.41) is 0. The van der Waals surface area contributed by atoms with Crippen LogP contribution in [0.15, 0.2) is 23.8 Å². The van der Waals surface area contributed by atoms with Crippen molar-refractivity contribution in [3.63, 3.8) is 0 Å². The highest BCUT2D eigenvalue weighted by Crippen LogP contribution is 2.06. The molecule has 1 radical (unpaired) electrons. The summed E-state index contributed by atoms with van der Waals surface area (Å²) in [4.78, 5) is 0. The van der Waals surface area contributed by atoms with Crippen LogP contribution in [0.5, 0.6) is 0 Å². The molecule has 0 saturated heterocycles. The molecule has 0 aromatic rings. The van der Waals surface area contributed by atoms with Gasteiger partial charge in [0.05, 0.1) is 0 Å². The van der Waals surface area contributed by atoms with E-state index in [9.17, 15) is 0 Å². The lowest BCUT2D eigenvalue weighted by molar-refractivity contribution is 0.651. The minimum atomic E-state index is 1.09. The van der Waals surface area contributed by atoms with E-state index in [0.29, 0.717) is 0 Å². The molecule has 0 aliphatic rings. The van der Waals surface area contributed by atoms with Crippen LogP contribution < -0.4 is 0 Å². The molecule has 0 heteroatoms. The number of rotatable bonds is 9. The molecule has 0 unspecified atom stereocenters. The van der Waals surface area contributed by atoms with Crippen molar-refractivity contribution >= 4 is 0 Å². The Kier molecular flexibility index (Phi) is 11.2. The van der Waals surface area contributed by atoms with Crippen molar-refractivity contribution in [2.45, 2.75) is 65.2 Å². The molecule has 0 heterocycles. The Labute approximate surface area is 96.5 Å². The van der Waals surface area contributed by atoms with Crippen LogP contribution in [0.4, 0.5) is 0 Å². The molecule has 0 spiro atoms. The fraction of sp³-hybridized carbons (Fsp3) is 0.667. The van der Waals surface area contributed by atoms with Gasteiger partial charge < -0.3 is 0 Å². The van der Waals surface area contributed by atoms with Gasteiger partial charge in [0, 0.05) is 0 Å². The van der Waals surface area contributed by atoms with Gasteiger partial charge in [-0.3, -0.25) is 0 Å². The van der Waals surface area contributed by atoms with E-state index in [1.807, 2.05) is 0 Å². The number of hydrogen-bond acceptors (Lipinski definition) is 0. The third-order valence-electron chi connectivity index (χ3n) is 2.70. The molecule has 0 aliphatic carbocycles. The smallest absolute Gasteiger partial charge is 0.0167 e. The van der Waals surface area contributed by atoms with Crippen LogP contribution in [0.1, 0.15) is 65.2 Å². The summed E-state index contributed by atoms with van der Waals surface area (Å²) >= 11 is 0. The molecule has 87 valence electrons. The van der Waals surface area contributed by atoms with Crippen LogP contribution >= 0.6 is 0 Å². The van der Waals surface area contributed by atoms with E-state index in [0.717, 1.165) is 12.8 Å². The Hall–Kier alpha value is -0.520. The first kappa shape index (κ1) is 14.5. The van der Waals surface area contributed by atoms with Crippen LogP contribution in [0.3, 0.4) is 0 Å². The third kappa shape index (κ3) is 11.4. The molecule has 0 saturated carbocycles. The lowest BCUT2D eigenvalue weighted by Crippen LogP contribution is -1.76. The van der Waals surface area contributed by atoms with Crippen molar-refractivity contribution in [3.8, 4) is 0 Å². The van der Waals surface area contributed by atoms with Crippen LogP contribution in [0, 0.1) is 6.92 Å². The van der Waals surface area contributed by atoms with Gasteiger partial charge in [-0.25, -0.2) is 0 Å². The van der Waals surface area contributed by atoms with Crippen molar-refractivity contribution in [2.24, 2.45) is 0 Å². The van der Waals surface area contributed by atoms with Crippen molar-refractivity contribution in [3.05, 3.63) is 30.7 Å². The molecule has 0 atom stereocenters. The summed E-state index contributed by atoms with van der Waals surface area (Å²) in [6.07, 6.45) is 16.9. The summed E-state index contributed by atoms with van der Waals surface area (Å²) in [6.45, 7) is 8.26. The molecule has 0 fully saturated rings. The van der Waals surface area contributed by atoms with E-state index in [-0.39, 0.29) is 0 Å². The Morgan fingerprint density at radius 2 is 1.80 bits per heavy atom. The predicted molar refractivity (Wildman–Crippen MR) is 70.9 cm³/mol. The highest BCUT2D eigenvalue weighted by molar-refractivity contribution is 5.01. The maximum atomic E-state index is 3.85. The van der Waals surface area contributed by atoms with Gasteiger partial charge in [0.25, 0.3) is 0 Å². The molecule has 0 amide bonds. The molecule has 0 rings (SSSR count). The molecular formula is C15H27. The van der Waals surface area contributed by atoms with Gasteiger partial charge in [-0.2, -0.15) is 0 Å². The predicted octanol–water partition coefficient (Wildman–Crippen LogP) is 5.46. The lowest BCUT2D eigenvalue weighted by atomic mass is 10.1. The second-order valence-corrected chi connectivity index (χ2v) is 4.17. The van der Waals surface area contributed by atoms with Crippen molar-refractivity contribution in [1.82, 2.24) is 0 Å². The number of allylic oxidation sites excluding steroid dienone is 4. The van der Waals surface area contributed by atoms with Crippen LogP contribution in [-0.2, 0) is 0 Å². The first-order chi connectivity index (χ1) is 7.31. The van der Waals surface area contributed by atoms with Crippen LogP contribution in [0.2, 0.25) is 0 Å². The molecule has 0 aromatic heterocycles. The fourth-order valence-electron chi connectivity index (χ4n) is 1.42. The van der Waals surface area contributed by atoms with Gasteiger partial charge in [0.15, 0.2) is 0 Å². The number of hydrogen-bond donors (Lipinski definition) is 0. The first-order valence-corrected chi connectivity index (χ1v) is 6.41. The zero-order valence-electron chi connectivity index (χ0n) is 10.6. The Morgan fingerprint density at radius 1 is 1.07 bits per heavy atom. The summed E-state index contributed by atoms with van der Waals surface area (Å²) < 4.78 is 0. The number of unbranched alkanes of at least 4 members (excludes halogenated alkanes) is 5. The first-order valence-electron chi connectivity index (χ1n) is 6.41. The SMILES string of the molecule is [CH2]CCCCCCC=CCC=C(C)CC. The van der Waals surface area contributed by atoms with Gasteiger partial charge in [0.1, 0.15) is 0 Å². The molecule has 0 nitrogen and oxygen atoms in total. The van der Waals surface area contributed by atoms with Crippen LogP contribution in [-0.4, -0.2) is 0 Å². The van der Waals surface area contributed by atoms with E-state index in [4.69, 9.17) is 0 Å². The maximum absolute atomic E-state index is 3.85. The van der Waals surface area contributed by atoms with E-state index < -0.39 is 0 Å². The lowest BCUT2D eigenvalue weighted by Gasteiger charge is -1.96. The Morgan fingerprint density at radius 3 is 2.47 bits per heavy atom. The van der Waals surface area contributed by atoms with Crippen molar-refractivity contribution in [2.75, 3.05) is 0 Å². The summed E-state index contributed by atoms with van der Waals surface area (Å²) in [6, 6.07) is 0. The Balaban J connectivity index is 3.24. The maximum Gasteiger partial charge on any atom is -0.0167 e. The van der Waals surface area contributed by atoms with E-state index in [1.54, 1.807) is 0 Å². The van der Waals surface area contributed by atoms with Gasteiger partial charge >= 0.3 is 0 Å². The molecule has 15 heavy (non-hydrogen) atoms. The quantitative estimate of drug-likeness (QED) is 0.348. The second-order valence-electron chi connectivity index (χ2n) is 4.17. The minimum Gasteiger partial charge on any atom is -0.0882 e. The molecule has 0 aromatic carbocycles. The van der Waals surface area contributed by atoms with Gasteiger partial charge in [-0.1, -0.05) is 63.3 Å². The molecule has 0 bridgehead atoms. The highest BCUT2D eigenvalue weighted by atomic mass is 13.9. The molecular weight excluding hydrogens is 180 g/mol. The summed E-state index contributed by atoms with van der Waals surface area (Å²) in [7, 11) is 0. The van der Waals surface area contributed by atoms with E-state index in [2.05, 4.69) is 39.0 Å². The van der Waals surface area contributed by atoms with E-state index in [1.165, 1.54) is 44.1 Å². The zero-order valence-corrected chi connectivity index (χ0v) is 10.6. The standard InChI is InChI=1S/C15H27/c1-4-6-7-8-9-10-11-12-13-14-15(3)5-2/h11-12,14H,1,4-10,13H2,2-3H3. The van der Waals surface area contributed by atoms with Gasteiger partial charge in [-0.05, 0) is 32.6 Å². The van der Waals surface area contributed by atoms with Gasteiger partial charge in [0.2, 0.25) is 0 Å². The van der Waals surface area contributed by atoms with Crippen molar-refractivity contribution < 1.29 is 0 Å². The monoisotopic (exact) mass is 207 g/mol. The summed E-state index contributed by atoms with van der Waals surface area (Å²) in [5.74, 6) is 0. The molecule has 0 aliphatic heterocycles. The van der Waals surface area contributed by atoms with E-state index >= 15 is 0 Å². The average Bonchev–Trinajstić information content (AvgIpc) is 2.26. The largest absolute Gasteiger partial charge is 0.0882 e. The van der Waals surface area contributed by atoms with Gasteiger partial charge in [-0.15, -0.1) is 0 Å². The van der Waals surface area contributed by atoms with Crippen LogP contribution in [0.25, 0.3) is 0 Å². The summed E-state index contributed by atoms with van der Waals surface area (Å²) in [5.41, 5.74) is 1.50. The minimum absolute atomic E-state index is 1.09. The van der Waals surface area contributed by atoms with Crippen molar-refractivity contribution in [1.29, 1.82) is 0 Å². The zero-order chi connectivity index (χ0) is 11.4. The molecule has 0 N–H and O–H groups in total. The topological polar surface area (TPSA) is 0 Å². The normalized spacial score (nSPS) is 12.6. The average molecular weight is 207 g/mol. The highest BCUT2D eigenvalue weighted by Gasteiger charge is 1.86. The fourth-order valence-corrected chi connectivity index (χ4v) is 1.42. The Bertz CT molecular complexity index is 174. The third-order valence-corrected chi connectivity index (χ3v) is 2.70.